The predicted molar refractivity (Wildman–Crippen MR) is 131 cm³/mol. The van der Waals surface area contributed by atoms with Gasteiger partial charge in [0.05, 0.1) is 10.0 Å². The van der Waals surface area contributed by atoms with Crippen LogP contribution < -0.4 is 10.1 Å². The minimum absolute atomic E-state index is 0.194. The third-order valence-corrected chi connectivity index (χ3v) is 6.38. The summed E-state index contributed by atoms with van der Waals surface area (Å²) in [5.41, 5.74) is 2.51. The highest BCUT2D eigenvalue weighted by atomic mass is 35.5. The number of halogens is 3. The first-order valence-electron chi connectivity index (χ1n) is 10.6. The summed E-state index contributed by atoms with van der Waals surface area (Å²) in [6.45, 7) is 8.15. The lowest BCUT2D eigenvalue weighted by Gasteiger charge is -2.30. The van der Waals surface area contributed by atoms with Crippen molar-refractivity contribution in [3.8, 4) is 5.75 Å². The van der Waals surface area contributed by atoms with Crippen LogP contribution in [0.25, 0.3) is 0 Å². The monoisotopic (exact) mass is 498 g/mol. The van der Waals surface area contributed by atoms with Crippen molar-refractivity contribution in [2.45, 2.75) is 53.1 Å². The first-order chi connectivity index (χ1) is 15.2. The number of rotatable bonds is 10. The minimum atomic E-state index is -0.638. The lowest BCUT2D eigenvalue weighted by molar-refractivity contribution is -0.143. The van der Waals surface area contributed by atoms with E-state index in [-0.39, 0.29) is 25.0 Å². The summed E-state index contributed by atoms with van der Waals surface area (Å²) >= 11 is 18.4. The van der Waals surface area contributed by atoms with Crippen molar-refractivity contribution in [3.05, 3.63) is 62.1 Å². The van der Waals surface area contributed by atoms with Crippen LogP contribution >= 0.6 is 34.8 Å². The van der Waals surface area contributed by atoms with E-state index in [0.717, 1.165) is 23.1 Å². The fourth-order valence-corrected chi connectivity index (χ4v) is 3.77. The molecule has 0 aliphatic carbocycles. The van der Waals surface area contributed by atoms with E-state index in [0.29, 0.717) is 33.8 Å². The molecule has 5 nitrogen and oxygen atoms in total. The summed E-state index contributed by atoms with van der Waals surface area (Å²) in [5.74, 6) is 0.0523. The van der Waals surface area contributed by atoms with Crippen molar-refractivity contribution in [3.63, 3.8) is 0 Å². The molecule has 2 aromatic rings. The fraction of sp³-hybridized carbons (Fsp3) is 0.417. The molecule has 0 fully saturated rings. The number of carbonyl (C=O) groups excluding carboxylic acids is 2. The molecule has 0 saturated heterocycles. The van der Waals surface area contributed by atoms with E-state index in [9.17, 15) is 9.59 Å². The first-order valence-corrected chi connectivity index (χ1v) is 11.7. The molecule has 1 unspecified atom stereocenters. The highest BCUT2D eigenvalue weighted by molar-refractivity contribution is 6.42. The number of ether oxygens (including phenoxy) is 1. The Morgan fingerprint density at radius 1 is 1.03 bits per heavy atom. The summed E-state index contributed by atoms with van der Waals surface area (Å²) in [6.07, 6.45) is 1.27. The van der Waals surface area contributed by atoms with Gasteiger partial charge in [-0.3, -0.25) is 9.59 Å². The zero-order chi connectivity index (χ0) is 23.8. The maximum atomic E-state index is 13.2. The molecule has 32 heavy (non-hydrogen) atoms. The topological polar surface area (TPSA) is 58.6 Å². The summed E-state index contributed by atoms with van der Waals surface area (Å²) < 4.78 is 5.77. The second-order valence-electron chi connectivity index (χ2n) is 7.64. The zero-order valence-corrected chi connectivity index (χ0v) is 21.1. The average molecular weight is 500 g/mol. The number of aryl methyl sites for hydroxylation is 2. The van der Waals surface area contributed by atoms with Gasteiger partial charge in [0.15, 0.2) is 6.61 Å². The molecular formula is C24H29Cl3N2O3. The lowest BCUT2D eigenvalue weighted by Crippen LogP contribution is -2.50. The normalized spacial score (nSPS) is 11.7. The van der Waals surface area contributed by atoms with E-state index in [1.165, 1.54) is 4.90 Å². The highest BCUT2D eigenvalue weighted by Gasteiger charge is 2.29. The molecule has 0 saturated carbocycles. The maximum absolute atomic E-state index is 13.2. The third kappa shape index (κ3) is 7.03. The number of nitrogens with one attached hydrogen (secondary N) is 1. The molecule has 1 atom stereocenters. The number of hydrogen-bond acceptors (Lipinski definition) is 3. The van der Waals surface area contributed by atoms with Crippen molar-refractivity contribution in [2.75, 3.05) is 13.2 Å². The van der Waals surface area contributed by atoms with Crippen LogP contribution in [-0.2, 0) is 16.1 Å². The molecule has 0 bridgehead atoms. The molecule has 8 heteroatoms. The van der Waals surface area contributed by atoms with Crippen LogP contribution in [0.3, 0.4) is 0 Å². The molecule has 0 heterocycles. The van der Waals surface area contributed by atoms with Crippen LogP contribution in [0.5, 0.6) is 5.75 Å². The fourth-order valence-electron chi connectivity index (χ4n) is 3.34. The van der Waals surface area contributed by atoms with Gasteiger partial charge in [-0.2, -0.15) is 0 Å². The second-order valence-corrected chi connectivity index (χ2v) is 8.84. The van der Waals surface area contributed by atoms with E-state index in [2.05, 4.69) is 5.32 Å². The summed E-state index contributed by atoms with van der Waals surface area (Å²) in [4.78, 5) is 27.5. The molecule has 0 aromatic heterocycles. The minimum Gasteiger partial charge on any atom is -0.484 e. The van der Waals surface area contributed by atoms with E-state index >= 15 is 0 Å². The molecular weight excluding hydrogens is 471 g/mol. The lowest BCUT2D eigenvalue weighted by atomic mass is 10.1. The molecule has 1 N–H and O–H groups in total. The van der Waals surface area contributed by atoms with Crippen LogP contribution in [0, 0.1) is 13.8 Å². The van der Waals surface area contributed by atoms with E-state index < -0.39 is 6.04 Å². The number of amides is 2. The quantitative estimate of drug-likeness (QED) is 0.438. The molecule has 2 amide bonds. The Hall–Kier alpha value is -1.95. The molecule has 2 rings (SSSR count). The summed E-state index contributed by atoms with van der Waals surface area (Å²) in [7, 11) is 0. The van der Waals surface area contributed by atoms with Gasteiger partial charge in [-0.15, -0.1) is 0 Å². The van der Waals surface area contributed by atoms with Gasteiger partial charge in [0.1, 0.15) is 11.8 Å². The van der Waals surface area contributed by atoms with Gasteiger partial charge in [0.2, 0.25) is 5.91 Å². The standard InChI is InChI=1S/C24H29Cl3N2O3/c1-5-9-28-24(31)21(6-2)29(13-17-7-8-19(25)20(26)12-17)22(30)14-32-18-10-15(3)23(27)16(4)11-18/h7-8,10-12,21H,5-6,9,13-14H2,1-4H3,(H,28,31). The summed E-state index contributed by atoms with van der Waals surface area (Å²) in [6, 6.07) is 8.11. The Bertz CT molecular complexity index is 942. The van der Waals surface area contributed by atoms with Gasteiger partial charge in [0.25, 0.3) is 5.91 Å². The number of nitrogens with zero attached hydrogens (tertiary/aromatic N) is 1. The van der Waals surface area contributed by atoms with Crippen molar-refractivity contribution in [1.82, 2.24) is 10.2 Å². The van der Waals surface area contributed by atoms with Gasteiger partial charge >= 0.3 is 0 Å². The third-order valence-electron chi connectivity index (χ3n) is 5.04. The predicted octanol–water partition coefficient (Wildman–Crippen LogP) is 5.98. The Labute approximate surface area is 205 Å². The smallest absolute Gasteiger partial charge is 0.261 e. The van der Waals surface area contributed by atoms with Crippen LogP contribution in [-0.4, -0.2) is 35.9 Å². The maximum Gasteiger partial charge on any atom is 0.261 e. The van der Waals surface area contributed by atoms with Gasteiger partial charge in [0, 0.05) is 18.1 Å². The van der Waals surface area contributed by atoms with Gasteiger partial charge in [-0.1, -0.05) is 54.7 Å². The SMILES string of the molecule is CCCNC(=O)C(CC)N(Cc1ccc(Cl)c(Cl)c1)C(=O)COc1cc(C)c(Cl)c(C)c1. The van der Waals surface area contributed by atoms with E-state index in [1.807, 2.05) is 27.7 Å². The molecule has 2 aromatic carbocycles. The molecule has 0 aliphatic rings. The number of hydrogen-bond donors (Lipinski definition) is 1. The molecule has 0 aliphatic heterocycles. The Kier molecular flexibility index (Phi) is 10.1. The van der Waals surface area contributed by atoms with Gasteiger partial charge < -0.3 is 15.0 Å². The largest absolute Gasteiger partial charge is 0.484 e. The molecule has 0 radical (unpaired) electrons. The number of benzene rings is 2. The zero-order valence-electron chi connectivity index (χ0n) is 18.8. The Morgan fingerprint density at radius 3 is 2.25 bits per heavy atom. The van der Waals surface area contributed by atoms with Crippen LogP contribution in [0.15, 0.2) is 30.3 Å². The van der Waals surface area contributed by atoms with Crippen LogP contribution in [0.2, 0.25) is 15.1 Å². The number of carbonyl (C=O) groups is 2. The van der Waals surface area contributed by atoms with Crippen molar-refractivity contribution >= 4 is 46.6 Å². The van der Waals surface area contributed by atoms with Gasteiger partial charge in [-0.05, 0) is 67.6 Å². The Balaban J connectivity index is 2.25. The average Bonchev–Trinajstić information content (AvgIpc) is 2.76. The van der Waals surface area contributed by atoms with E-state index in [1.54, 1.807) is 30.3 Å². The van der Waals surface area contributed by atoms with Crippen LogP contribution in [0.4, 0.5) is 0 Å². The molecule has 0 spiro atoms. The second kappa shape index (κ2) is 12.3. The van der Waals surface area contributed by atoms with Crippen molar-refractivity contribution in [1.29, 1.82) is 0 Å². The Morgan fingerprint density at radius 2 is 1.69 bits per heavy atom. The first kappa shape index (κ1) is 26.3. The highest BCUT2D eigenvalue weighted by Crippen LogP contribution is 2.27. The van der Waals surface area contributed by atoms with Crippen LogP contribution in [0.1, 0.15) is 43.4 Å². The molecule has 174 valence electrons. The summed E-state index contributed by atoms with van der Waals surface area (Å²) in [5, 5.41) is 4.38. The van der Waals surface area contributed by atoms with Gasteiger partial charge in [-0.25, -0.2) is 0 Å². The van der Waals surface area contributed by atoms with Crippen molar-refractivity contribution in [2.24, 2.45) is 0 Å². The van der Waals surface area contributed by atoms with Crippen molar-refractivity contribution < 1.29 is 14.3 Å². The van der Waals surface area contributed by atoms with E-state index in [4.69, 9.17) is 39.5 Å².